The second-order valence-corrected chi connectivity index (χ2v) is 4.10. The number of nitrogens with zero attached hydrogens (tertiary/aromatic N) is 2. The Bertz CT molecular complexity index is 398. The molecule has 0 atom stereocenters. The lowest BCUT2D eigenvalue weighted by molar-refractivity contribution is -0.131. The molecule has 0 saturated heterocycles. The van der Waals surface area contributed by atoms with Crippen molar-refractivity contribution >= 4 is 23.4 Å². The van der Waals surface area contributed by atoms with Crippen molar-refractivity contribution in [2.75, 3.05) is 26.0 Å². The average Bonchev–Trinajstić information content (AvgIpc) is 2.42. The topological polar surface area (TPSA) is 62.3 Å². The van der Waals surface area contributed by atoms with E-state index in [0.29, 0.717) is 6.54 Å². The van der Waals surface area contributed by atoms with E-state index >= 15 is 0 Å². The molecule has 0 aromatic carbocycles. The van der Waals surface area contributed by atoms with E-state index < -0.39 is 0 Å². The van der Waals surface area contributed by atoms with Gasteiger partial charge in [-0.3, -0.25) is 14.6 Å². The van der Waals surface area contributed by atoms with E-state index in [0.717, 1.165) is 12.0 Å². The van der Waals surface area contributed by atoms with Gasteiger partial charge in [0.15, 0.2) is 0 Å². The van der Waals surface area contributed by atoms with Gasteiger partial charge in [0.05, 0.1) is 6.54 Å². The highest BCUT2D eigenvalue weighted by Gasteiger charge is 2.09. The van der Waals surface area contributed by atoms with E-state index in [1.807, 2.05) is 12.1 Å². The Kier molecular flexibility index (Phi) is 6.14. The Morgan fingerprint density at radius 1 is 1.39 bits per heavy atom. The van der Waals surface area contributed by atoms with E-state index in [1.54, 1.807) is 24.3 Å². The summed E-state index contributed by atoms with van der Waals surface area (Å²) in [6.07, 6.45) is 4.20. The number of likely N-dealkylation sites (N-methyl/N-ethyl adjacent to an activating group) is 1. The predicted octanol–water partition coefficient (Wildman–Crippen LogP) is 0.438. The first-order chi connectivity index (χ1) is 8.63. The third-order valence-electron chi connectivity index (χ3n) is 2.47. The first-order valence-corrected chi connectivity index (χ1v) is 6.12. The summed E-state index contributed by atoms with van der Waals surface area (Å²) < 4.78 is 0. The van der Waals surface area contributed by atoms with Gasteiger partial charge in [0.2, 0.25) is 11.8 Å². The van der Waals surface area contributed by atoms with Gasteiger partial charge in [-0.25, -0.2) is 0 Å². The number of hydrogen-bond donors (Lipinski definition) is 1. The number of aromatic nitrogens is 1. The maximum atomic E-state index is 11.6. The molecule has 98 valence electrons. The number of halogens is 1. The second kappa shape index (κ2) is 7.66. The minimum Gasteiger partial charge on any atom is -0.346 e. The van der Waals surface area contributed by atoms with Gasteiger partial charge in [0, 0.05) is 26.0 Å². The summed E-state index contributed by atoms with van der Waals surface area (Å²) in [7, 11) is 1.70. The van der Waals surface area contributed by atoms with Gasteiger partial charge in [-0.1, -0.05) is 0 Å². The van der Waals surface area contributed by atoms with E-state index in [9.17, 15) is 9.59 Å². The summed E-state index contributed by atoms with van der Waals surface area (Å²) in [6, 6.07) is 3.82. The Morgan fingerprint density at radius 2 is 2.06 bits per heavy atom. The minimum atomic E-state index is -0.340. The average molecular weight is 270 g/mol. The second-order valence-electron chi connectivity index (χ2n) is 3.83. The van der Waals surface area contributed by atoms with E-state index in [-0.39, 0.29) is 24.2 Å². The molecule has 0 aliphatic carbocycles. The number of hydrogen-bond acceptors (Lipinski definition) is 3. The summed E-state index contributed by atoms with van der Waals surface area (Å²) in [6.45, 7) is 0.581. The highest BCUT2D eigenvalue weighted by atomic mass is 35.5. The summed E-state index contributed by atoms with van der Waals surface area (Å²) in [5.74, 6) is -0.608. The maximum Gasteiger partial charge on any atom is 0.241 e. The van der Waals surface area contributed by atoms with Crippen molar-refractivity contribution in [1.29, 1.82) is 0 Å². The van der Waals surface area contributed by atoms with Gasteiger partial charge in [-0.2, -0.15) is 0 Å². The van der Waals surface area contributed by atoms with Crippen LogP contribution < -0.4 is 5.32 Å². The molecule has 1 rings (SSSR count). The van der Waals surface area contributed by atoms with Crippen LogP contribution in [0.1, 0.15) is 5.56 Å². The number of carbonyl (C=O) groups excluding carboxylic acids is 2. The first-order valence-electron chi connectivity index (χ1n) is 5.59. The van der Waals surface area contributed by atoms with Gasteiger partial charge in [-0.15, -0.1) is 11.6 Å². The van der Waals surface area contributed by atoms with Gasteiger partial charge in [-0.05, 0) is 24.1 Å². The smallest absolute Gasteiger partial charge is 0.241 e. The van der Waals surface area contributed by atoms with Gasteiger partial charge in [0.1, 0.15) is 5.88 Å². The summed E-state index contributed by atoms with van der Waals surface area (Å²) in [5.41, 5.74) is 1.12. The van der Waals surface area contributed by atoms with Crippen LogP contribution in [0.15, 0.2) is 24.5 Å². The Hall–Kier alpha value is -1.62. The maximum absolute atomic E-state index is 11.6. The zero-order valence-corrected chi connectivity index (χ0v) is 11.0. The Labute approximate surface area is 111 Å². The van der Waals surface area contributed by atoms with Crippen LogP contribution in [-0.4, -0.2) is 47.7 Å². The van der Waals surface area contributed by atoms with E-state index in [2.05, 4.69) is 10.3 Å². The van der Waals surface area contributed by atoms with Crippen molar-refractivity contribution < 1.29 is 9.59 Å². The lowest BCUT2D eigenvalue weighted by Gasteiger charge is -2.17. The SMILES string of the molecule is CN(CCc1ccncc1)C(=O)CNC(=O)CCl. The number of rotatable bonds is 6. The molecule has 1 N–H and O–H groups in total. The molecule has 0 unspecified atom stereocenters. The van der Waals surface area contributed by atoms with Gasteiger partial charge in [0.25, 0.3) is 0 Å². The molecule has 1 aromatic rings. The van der Waals surface area contributed by atoms with Crippen LogP contribution in [0, 0.1) is 0 Å². The van der Waals surface area contributed by atoms with Crippen molar-refractivity contribution in [3.8, 4) is 0 Å². The standard InChI is InChI=1S/C12H16ClN3O2/c1-16(12(18)9-15-11(17)8-13)7-4-10-2-5-14-6-3-10/h2-3,5-6H,4,7-9H2,1H3,(H,15,17). The molecule has 18 heavy (non-hydrogen) atoms. The van der Waals surface area contributed by atoms with Crippen LogP contribution >= 0.6 is 11.6 Å². The molecule has 5 nitrogen and oxygen atoms in total. The Balaban J connectivity index is 2.30. The fraction of sp³-hybridized carbons (Fsp3) is 0.417. The lowest BCUT2D eigenvalue weighted by Crippen LogP contribution is -2.39. The van der Waals surface area contributed by atoms with Crippen molar-refractivity contribution in [3.05, 3.63) is 30.1 Å². The molecule has 0 spiro atoms. The summed E-state index contributed by atoms with van der Waals surface area (Å²) in [4.78, 5) is 28.0. The third-order valence-corrected chi connectivity index (χ3v) is 2.71. The van der Waals surface area contributed by atoms with Crippen molar-refractivity contribution in [2.45, 2.75) is 6.42 Å². The third kappa shape index (κ3) is 5.14. The quantitative estimate of drug-likeness (QED) is 0.762. The van der Waals surface area contributed by atoms with Gasteiger partial charge >= 0.3 is 0 Å². The highest BCUT2D eigenvalue weighted by molar-refractivity contribution is 6.27. The van der Waals surface area contributed by atoms with Crippen LogP contribution in [0.3, 0.4) is 0 Å². The van der Waals surface area contributed by atoms with Crippen molar-refractivity contribution in [1.82, 2.24) is 15.2 Å². The summed E-state index contributed by atoms with van der Waals surface area (Å²) >= 11 is 5.31. The van der Waals surface area contributed by atoms with Crippen LogP contribution in [-0.2, 0) is 16.0 Å². The monoisotopic (exact) mass is 269 g/mol. The fourth-order valence-electron chi connectivity index (χ4n) is 1.33. The molecule has 1 aromatic heterocycles. The minimum absolute atomic E-state index is 0.0155. The number of nitrogens with one attached hydrogen (secondary N) is 1. The number of amides is 2. The summed E-state index contributed by atoms with van der Waals surface area (Å²) in [5, 5.41) is 2.44. The molecule has 0 aliphatic rings. The molecule has 0 radical (unpaired) electrons. The van der Waals surface area contributed by atoms with Gasteiger partial charge < -0.3 is 10.2 Å². The molecular weight excluding hydrogens is 254 g/mol. The van der Waals surface area contributed by atoms with Crippen LogP contribution in [0.4, 0.5) is 0 Å². The molecule has 0 fully saturated rings. The molecule has 0 bridgehead atoms. The van der Waals surface area contributed by atoms with Crippen molar-refractivity contribution in [2.24, 2.45) is 0 Å². The number of alkyl halides is 1. The molecule has 6 heteroatoms. The largest absolute Gasteiger partial charge is 0.346 e. The predicted molar refractivity (Wildman–Crippen MR) is 69.3 cm³/mol. The van der Waals surface area contributed by atoms with E-state index in [4.69, 9.17) is 11.6 Å². The van der Waals surface area contributed by atoms with Crippen LogP contribution in [0.5, 0.6) is 0 Å². The molecule has 1 heterocycles. The molecule has 2 amide bonds. The molecular formula is C12H16ClN3O2. The highest BCUT2D eigenvalue weighted by Crippen LogP contribution is 1.98. The zero-order valence-electron chi connectivity index (χ0n) is 10.2. The number of pyridine rings is 1. The molecule has 0 aliphatic heterocycles. The van der Waals surface area contributed by atoms with E-state index in [1.165, 1.54) is 0 Å². The van der Waals surface area contributed by atoms with Crippen molar-refractivity contribution in [3.63, 3.8) is 0 Å². The van der Waals surface area contributed by atoms with Crippen LogP contribution in [0.25, 0.3) is 0 Å². The number of carbonyl (C=O) groups is 2. The van der Waals surface area contributed by atoms with Crippen LogP contribution in [0.2, 0.25) is 0 Å². The Morgan fingerprint density at radius 3 is 2.67 bits per heavy atom. The fourth-order valence-corrected chi connectivity index (χ4v) is 1.42. The first kappa shape index (κ1) is 14.4. The molecule has 0 saturated carbocycles. The normalized spacial score (nSPS) is 9.89. The zero-order chi connectivity index (χ0) is 13.4. The lowest BCUT2D eigenvalue weighted by atomic mass is 10.2.